The number of pyridine rings is 1. The van der Waals surface area contributed by atoms with Gasteiger partial charge in [-0.2, -0.15) is 13.2 Å². The highest BCUT2D eigenvalue weighted by Gasteiger charge is 2.59. The first kappa shape index (κ1) is 25.2. The van der Waals surface area contributed by atoms with Gasteiger partial charge in [-0.15, -0.1) is 0 Å². The molecule has 0 saturated carbocycles. The normalized spacial score (nSPS) is 14.4. The number of carboxylic acids is 1. The number of carboxylic acid groups (broad SMARTS) is 1. The second-order valence-electron chi connectivity index (χ2n) is 7.66. The molecule has 2 atom stereocenters. The van der Waals surface area contributed by atoms with Crippen molar-refractivity contribution in [1.29, 1.82) is 0 Å². The van der Waals surface area contributed by atoms with E-state index in [0.29, 0.717) is 0 Å². The summed E-state index contributed by atoms with van der Waals surface area (Å²) >= 11 is 6.26. The maximum Gasteiger partial charge on any atom is 0.422 e. The lowest BCUT2D eigenvalue weighted by Crippen LogP contribution is -2.47. The van der Waals surface area contributed by atoms with E-state index < -0.39 is 34.8 Å². The minimum absolute atomic E-state index is 0.0255. The number of benzene rings is 1. The molecular formula is C22H19ClF3N3O5. The first-order valence-electron chi connectivity index (χ1n) is 9.75. The summed E-state index contributed by atoms with van der Waals surface area (Å²) in [7, 11) is 1.30. The molecule has 0 saturated heterocycles. The van der Waals surface area contributed by atoms with Crippen LogP contribution in [0.3, 0.4) is 0 Å². The Kier molecular flexibility index (Phi) is 6.72. The van der Waals surface area contributed by atoms with E-state index in [1.54, 1.807) is 0 Å². The molecular weight excluding hydrogens is 479 g/mol. The summed E-state index contributed by atoms with van der Waals surface area (Å²) in [5.41, 5.74) is -4.49. The van der Waals surface area contributed by atoms with Crippen molar-refractivity contribution in [2.24, 2.45) is 7.05 Å². The van der Waals surface area contributed by atoms with Crippen molar-refractivity contribution in [3.63, 3.8) is 0 Å². The molecule has 0 amide bonds. The van der Waals surface area contributed by atoms with Crippen LogP contribution in [-0.2, 0) is 12.6 Å². The molecule has 2 aromatic heterocycles. The summed E-state index contributed by atoms with van der Waals surface area (Å²) in [4.78, 5) is 30.3. The summed E-state index contributed by atoms with van der Waals surface area (Å²) in [6.45, 7) is 2.53. The number of hydrogen-bond donors (Lipinski definition) is 2. The Bertz CT molecular complexity index is 1270. The fourth-order valence-corrected chi connectivity index (χ4v) is 3.81. The number of aryl methyl sites for hydroxylation is 2. The maximum absolute atomic E-state index is 14.2. The fraction of sp³-hybridized carbons (Fsp3) is 0.273. The topological polar surface area (TPSA) is 115 Å². The van der Waals surface area contributed by atoms with Crippen molar-refractivity contribution < 1.29 is 32.9 Å². The number of nitrogens with zero attached hydrogens (tertiary/aromatic N) is 3. The van der Waals surface area contributed by atoms with Gasteiger partial charge < -0.3 is 19.5 Å². The smallest absolute Gasteiger partial charge is 0.422 e. The van der Waals surface area contributed by atoms with Crippen LogP contribution < -0.4 is 10.3 Å². The Hall–Kier alpha value is -3.44. The number of ether oxygens (including phenoxy) is 1. The van der Waals surface area contributed by atoms with E-state index in [2.05, 4.69) is 9.97 Å². The highest BCUT2D eigenvalue weighted by atomic mass is 35.5. The van der Waals surface area contributed by atoms with E-state index in [1.165, 1.54) is 39.1 Å². The Morgan fingerprint density at radius 3 is 2.32 bits per heavy atom. The van der Waals surface area contributed by atoms with Crippen LogP contribution in [0.5, 0.6) is 11.8 Å². The lowest BCUT2D eigenvalue weighted by molar-refractivity contribution is -0.274. The van der Waals surface area contributed by atoms with Crippen LogP contribution in [0.2, 0.25) is 5.02 Å². The first-order chi connectivity index (χ1) is 15.8. The lowest BCUT2D eigenvalue weighted by atomic mass is 9.78. The molecule has 0 aliphatic heterocycles. The number of carbonyl (C=O) groups is 1. The third-order valence-corrected chi connectivity index (χ3v) is 5.71. The van der Waals surface area contributed by atoms with Crippen LogP contribution in [0.1, 0.15) is 39.9 Å². The number of aromatic carboxylic acids is 1. The average Bonchev–Trinajstić information content (AvgIpc) is 2.75. The van der Waals surface area contributed by atoms with Gasteiger partial charge in [0.2, 0.25) is 0 Å². The number of aliphatic hydroxyl groups is 1. The van der Waals surface area contributed by atoms with Gasteiger partial charge in [0.05, 0.1) is 5.56 Å². The third-order valence-electron chi connectivity index (χ3n) is 5.38. The summed E-state index contributed by atoms with van der Waals surface area (Å²) in [6.07, 6.45) is -2.10. The number of hydrogen-bond acceptors (Lipinski definition) is 6. The van der Waals surface area contributed by atoms with Crippen LogP contribution in [0.15, 0.2) is 47.7 Å². The van der Waals surface area contributed by atoms with Crippen molar-refractivity contribution >= 4 is 17.6 Å². The second kappa shape index (κ2) is 9.07. The number of aromatic nitrogens is 3. The SMILES string of the molecule is Cc1cc([C@@](O)([C@@H](C)c2ccc(Oc3ncc(C(=O)O)cn3)cc2Cl)C(F)(F)F)cn(C)c1=O. The van der Waals surface area contributed by atoms with Gasteiger partial charge in [0, 0.05) is 47.7 Å². The molecule has 0 bridgehead atoms. The lowest BCUT2D eigenvalue weighted by Gasteiger charge is -2.37. The fourth-order valence-electron chi connectivity index (χ4n) is 3.48. The molecule has 8 nitrogen and oxygen atoms in total. The van der Waals surface area contributed by atoms with E-state index in [-0.39, 0.29) is 33.5 Å². The molecule has 12 heteroatoms. The van der Waals surface area contributed by atoms with Gasteiger partial charge in [0.25, 0.3) is 5.56 Å². The second-order valence-corrected chi connectivity index (χ2v) is 8.07. The van der Waals surface area contributed by atoms with Crippen molar-refractivity contribution in [2.45, 2.75) is 31.5 Å². The number of halogens is 4. The van der Waals surface area contributed by atoms with Gasteiger partial charge in [-0.25, -0.2) is 14.8 Å². The number of rotatable bonds is 6. The van der Waals surface area contributed by atoms with E-state index in [9.17, 15) is 27.9 Å². The van der Waals surface area contributed by atoms with Gasteiger partial charge in [0.15, 0.2) is 5.60 Å². The molecule has 180 valence electrons. The monoisotopic (exact) mass is 497 g/mol. The number of alkyl halides is 3. The molecule has 0 unspecified atom stereocenters. The summed E-state index contributed by atoms with van der Waals surface area (Å²) in [5, 5.41) is 19.7. The van der Waals surface area contributed by atoms with Crippen molar-refractivity contribution in [3.8, 4) is 11.8 Å². The molecule has 2 N–H and O–H groups in total. The van der Waals surface area contributed by atoms with Gasteiger partial charge in [-0.3, -0.25) is 4.79 Å². The van der Waals surface area contributed by atoms with Crippen LogP contribution in [0, 0.1) is 6.92 Å². The molecule has 0 aliphatic carbocycles. The van der Waals surface area contributed by atoms with Gasteiger partial charge in [-0.1, -0.05) is 24.6 Å². The standard InChI is InChI=1S/C22H19ClF3N3O5/c1-11-6-14(10-29(3)18(11)30)21(33,22(24,25)26)12(2)16-5-4-15(7-17(16)23)34-20-27-8-13(9-28-20)19(31)32/h4-10,12,33H,1-3H3,(H,31,32)/t12-,21-/m0/s1. The quantitative estimate of drug-likeness (QED) is 0.525. The Labute approximate surface area is 196 Å². The molecule has 0 spiro atoms. The van der Waals surface area contributed by atoms with E-state index in [1.807, 2.05) is 0 Å². The van der Waals surface area contributed by atoms with Crippen LogP contribution in [0.25, 0.3) is 0 Å². The zero-order chi connectivity index (χ0) is 25.4. The van der Waals surface area contributed by atoms with Gasteiger partial charge in [-0.05, 0) is 30.7 Å². The highest BCUT2D eigenvalue weighted by molar-refractivity contribution is 6.31. The first-order valence-corrected chi connectivity index (χ1v) is 10.1. The van der Waals surface area contributed by atoms with Crippen LogP contribution >= 0.6 is 11.6 Å². The van der Waals surface area contributed by atoms with Crippen molar-refractivity contribution in [1.82, 2.24) is 14.5 Å². The minimum Gasteiger partial charge on any atom is -0.478 e. The molecule has 3 rings (SSSR count). The predicted molar refractivity (Wildman–Crippen MR) is 115 cm³/mol. The van der Waals surface area contributed by atoms with E-state index in [4.69, 9.17) is 21.4 Å². The average molecular weight is 498 g/mol. The molecule has 0 aliphatic rings. The Balaban J connectivity index is 1.98. The molecule has 34 heavy (non-hydrogen) atoms. The van der Waals surface area contributed by atoms with Crippen LogP contribution in [0.4, 0.5) is 13.2 Å². The minimum atomic E-state index is -5.10. The van der Waals surface area contributed by atoms with Crippen molar-refractivity contribution in [2.75, 3.05) is 0 Å². The zero-order valence-corrected chi connectivity index (χ0v) is 18.8. The van der Waals surface area contributed by atoms with Gasteiger partial charge >= 0.3 is 18.2 Å². The molecule has 1 aromatic carbocycles. The Morgan fingerprint density at radius 1 is 1.21 bits per heavy atom. The molecule has 0 radical (unpaired) electrons. The molecule has 2 heterocycles. The van der Waals surface area contributed by atoms with Gasteiger partial charge in [0.1, 0.15) is 5.75 Å². The Morgan fingerprint density at radius 2 is 1.82 bits per heavy atom. The summed E-state index contributed by atoms with van der Waals surface area (Å²) in [6, 6.07) is 4.61. The van der Waals surface area contributed by atoms with Crippen LogP contribution in [-0.4, -0.2) is 36.9 Å². The third kappa shape index (κ3) is 4.62. The van der Waals surface area contributed by atoms with E-state index in [0.717, 1.165) is 29.2 Å². The maximum atomic E-state index is 14.2. The predicted octanol–water partition coefficient (Wildman–Crippen LogP) is 4.18. The van der Waals surface area contributed by atoms with Crippen molar-refractivity contribution in [3.05, 3.63) is 80.5 Å². The largest absolute Gasteiger partial charge is 0.478 e. The summed E-state index contributed by atoms with van der Waals surface area (Å²) in [5.74, 6) is -2.71. The molecule has 3 aromatic rings. The summed E-state index contributed by atoms with van der Waals surface area (Å²) < 4.78 is 49.0. The molecule has 0 fully saturated rings. The zero-order valence-electron chi connectivity index (χ0n) is 18.1. The highest BCUT2D eigenvalue weighted by Crippen LogP contribution is 2.50. The van der Waals surface area contributed by atoms with E-state index >= 15 is 0 Å².